The normalized spacial score (nSPS) is 12.9. The Morgan fingerprint density at radius 3 is 2.48 bits per heavy atom. The minimum Gasteiger partial charge on any atom is -0.444 e. The van der Waals surface area contributed by atoms with E-state index in [4.69, 9.17) is 4.74 Å². The van der Waals surface area contributed by atoms with Crippen LogP contribution < -0.4 is 5.32 Å². The molecule has 148 valence electrons. The maximum absolute atomic E-state index is 13.1. The number of nitrogens with zero attached hydrogens (tertiary/aromatic N) is 2. The first-order valence-electron chi connectivity index (χ1n) is 9.15. The summed E-state index contributed by atoms with van der Waals surface area (Å²) in [6, 6.07) is 7.15. The van der Waals surface area contributed by atoms with Crippen LogP contribution in [0.15, 0.2) is 30.5 Å². The number of amides is 2. The molecule has 7 nitrogen and oxygen atoms in total. The van der Waals surface area contributed by atoms with Gasteiger partial charge in [0.1, 0.15) is 11.6 Å². The molecule has 2 aromatic rings. The first kappa shape index (κ1) is 20.8. The SMILES string of the molecule is CCN(C(=O)C(Cc1c[nH]c2ccccc12)NC(=O)OC(C)(C)C)N(C)C. The molecule has 0 aliphatic rings. The largest absolute Gasteiger partial charge is 0.444 e. The molecular weight excluding hydrogens is 344 g/mol. The molecule has 1 aromatic heterocycles. The summed E-state index contributed by atoms with van der Waals surface area (Å²) < 4.78 is 5.36. The van der Waals surface area contributed by atoms with Crippen LogP contribution in [-0.4, -0.2) is 59.3 Å². The summed E-state index contributed by atoms with van der Waals surface area (Å²) in [6.45, 7) is 7.78. The summed E-state index contributed by atoms with van der Waals surface area (Å²) >= 11 is 0. The van der Waals surface area contributed by atoms with Gasteiger partial charge in [0, 0.05) is 44.2 Å². The number of ether oxygens (including phenoxy) is 1. The van der Waals surface area contributed by atoms with E-state index in [9.17, 15) is 9.59 Å². The summed E-state index contributed by atoms with van der Waals surface area (Å²) in [7, 11) is 3.61. The summed E-state index contributed by atoms with van der Waals surface area (Å²) in [5.41, 5.74) is 1.33. The second kappa shape index (κ2) is 8.43. The molecule has 2 amide bonds. The van der Waals surface area contributed by atoms with Gasteiger partial charge in [0.2, 0.25) is 0 Å². The number of alkyl carbamates (subject to hydrolysis) is 1. The van der Waals surface area contributed by atoms with Crippen molar-refractivity contribution in [2.75, 3.05) is 20.6 Å². The quantitative estimate of drug-likeness (QED) is 0.762. The molecule has 0 fully saturated rings. The van der Waals surface area contributed by atoms with Crippen LogP contribution in [0.4, 0.5) is 4.79 Å². The van der Waals surface area contributed by atoms with Gasteiger partial charge in [-0.25, -0.2) is 9.80 Å². The van der Waals surface area contributed by atoms with Gasteiger partial charge < -0.3 is 15.0 Å². The van der Waals surface area contributed by atoms with Gasteiger partial charge in [-0.2, -0.15) is 0 Å². The number of carbonyl (C=O) groups excluding carboxylic acids is 2. The van der Waals surface area contributed by atoms with Crippen LogP contribution in [0.3, 0.4) is 0 Å². The van der Waals surface area contributed by atoms with Crippen molar-refractivity contribution < 1.29 is 14.3 Å². The van der Waals surface area contributed by atoms with Crippen LogP contribution in [0.5, 0.6) is 0 Å². The molecular formula is C20H30N4O3. The molecule has 0 aliphatic carbocycles. The molecule has 2 N–H and O–H groups in total. The molecule has 1 unspecified atom stereocenters. The maximum atomic E-state index is 13.1. The zero-order chi connectivity index (χ0) is 20.2. The predicted molar refractivity (Wildman–Crippen MR) is 106 cm³/mol. The van der Waals surface area contributed by atoms with E-state index < -0.39 is 17.7 Å². The number of aromatic amines is 1. The van der Waals surface area contributed by atoms with E-state index in [1.807, 2.05) is 37.4 Å². The molecule has 0 aliphatic heterocycles. The number of hydrazine groups is 1. The van der Waals surface area contributed by atoms with Crippen molar-refractivity contribution in [3.05, 3.63) is 36.0 Å². The van der Waals surface area contributed by atoms with Gasteiger partial charge in [0.15, 0.2) is 0 Å². The lowest BCUT2D eigenvalue weighted by Crippen LogP contribution is -2.54. The number of likely N-dealkylation sites (N-methyl/N-ethyl adjacent to an activating group) is 1. The zero-order valence-electron chi connectivity index (χ0n) is 17.0. The standard InChI is InChI=1S/C20H30N4O3/c1-7-24(23(5)6)18(25)17(22-19(26)27-20(2,3)4)12-14-13-21-16-11-9-8-10-15(14)16/h8-11,13,17,21H,7,12H2,1-6H3,(H,22,26). The summed E-state index contributed by atoms with van der Waals surface area (Å²) in [4.78, 5) is 28.6. The van der Waals surface area contributed by atoms with E-state index in [1.54, 1.807) is 44.9 Å². The second-order valence-electron chi connectivity index (χ2n) is 7.66. The summed E-state index contributed by atoms with van der Waals surface area (Å²) in [5, 5.41) is 7.11. The first-order valence-corrected chi connectivity index (χ1v) is 9.15. The van der Waals surface area contributed by atoms with E-state index >= 15 is 0 Å². The number of rotatable bonds is 6. The van der Waals surface area contributed by atoms with E-state index in [2.05, 4.69) is 10.3 Å². The van der Waals surface area contributed by atoms with Crippen molar-refractivity contribution >= 4 is 22.9 Å². The van der Waals surface area contributed by atoms with Gasteiger partial charge in [-0.05, 0) is 39.3 Å². The van der Waals surface area contributed by atoms with Crippen LogP contribution in [0.25, 0.3) is 10.9 Å². The average Bonchev–Trinajstić information content (AvgIpc) is 2.96. The minimum atomic E-state index is -0.735. The summed E-state index contributed by atoms with van der Waals surface area (Å²) in [5.74, 6) is -0.182. The number of fused-ring (bicyclic) bond motifs is 1. The van der Waals surface area contributed by atoms with E-state index in [1.165, 1.54) is 0 Å². The van der Waals surface area contributed by atoms with Crippen LogP contribution in [0, 0.1) is 0 Å². The Balaban J connectivity index is 2.28. The minimum absolute atomic E-state index is 0.182. The van der Waals surface area contributed by atoms with E-state index in [0.29, 0.717) is 13.0 Å². The van der Waals surface area contributed by atoms with Crippen LogP contribution in [0.2, 0.25) is 0 Å². The molecule has 0 saturated carbocycles. The van der Waals surface area contributed by atoms with Crippen molar-refractivity contribution in [1.82, 2.24) is 20.3 Å². The van der Waals surface area contributed by atoms with Gasteiger partial charge in [-0.3, -0.25) is 9.80 Å². The van der Waals surface area contributed by atoms with Crippen LogP contribution >= 0.6 is 0 Å². The van der Waals surface area contributed by atoms with Crippen molar-refractivity contribution in [2.45, 2.75) is 45.8 Å². The lowest BCUT2D eigenvalue weighted by atomic mass is 10.0. The van der Waals surface area contributed by atoms with Crippen LogP contribution in [0.1, 0.15) is 33.3 Å². The molecule has 7 heteroatoms. The predicted octanol–water partition coefficient (Wildman–Crippen LogP) is 2.93. The first-order chi connectivity index (χ1) is 12.6. The zero-order valence-corrected chi connectivity index (χ0v) is 17.0. The highest BCUT2D eigenvalue weighted by Gasteiger charge is 2.29. The Labute approximate surface area is 160 Å². The van der Waals surface area contributed by atoms with Crippen molar-refractivity contribution in [1.29, 1.82) is 0 Å². The Hall–Kier alpha value is -2.54. The van der Waals surface area contributed by atoms with Crippen LogP contribution in [-0.2, 0) is 16.0 Å². The Bertz CT molecular complexity index is 792. The maximum Gasteiger partial charge on any atom is 0.408 e. The molecule has 0 radical (unpaired) electrons. The number of nitrogens with one attached hydrogen (secondary N) is 2. The van der Waals surface area contributed by atoms with Gasteiger partial charge in [-0.15, -0.1) is 0 Å². The fraction of sp³-hybridized carbons (Fsp3) is 0.500. The van der Waals surface area contributed by atoms with Crippen molar-refractivity contribution in [3.8, 4) is 0 Å². The highest BCUT2D eigenvalue weighted by molar-refractivity contribution is 5.88. The number of benzene rings is 1. The van der Waals surface area contributed by atoms with Gasteiger partial charge in [0.25, 0.3) is 5.91 Å². The Morgan fingerprint density at radius 1 is 1.22 bits per heavy atom. The number of H-pyrrole nitrogens is 1. The molecule has 0 bridgehead atoms. The fourth-order valence-corrected chi connectivity index (χ4v) is 2.99. The number of hydrogen-bond acceptors (Lipinski definition) is 4. The van der Waals surface area contributed by atoms with Crippen molar-refractivity contribution in [2.24, 2.45) is 0 Å². The number of hydrogen-bond donors (Lipinski definition) is 2. The van der Waals surface area contributed by atoms with E-state index in [0.717, 1.165) is 16.5 Å². The fourth-order valence-electron chi connectivity index (χ4n) is 2.99. The molecule has 1 atom stereocenters. The third kappa shape index (κ3) is 5.47. The second-order valence-corrected chi connectivity index (χ2v) is 7.66. The molecule has 1 aromatic carbocycles. The highest BCUT2D eigenvalue weighted by Crippen LogP contribution is 2.20. The lowest BCUT2D eigenvalue weighted by molar-refractivity contribution is -0.146. The highest BCUT2D eigenvalue weighted by atomic mass is 16.6. The van der Waals surface area contributed by atoms with Gasteiger partial charge in [0.05, 0.1) is 0 Å². The molecule has 0 spiro atoms. The monoisotopic (exact) mass is 374 g/mol. The Morgan fingerprint density at radius 2 is 1.89 bits per heavy atom. The lowest BCUT2D eigenvalue weighted by Gasteiger charge is -2.32. The van der Waals surface area contributed by atoms with Crippen molar-refractivity contribution in [3.63, 3.8) is 0 Å². The number of para-hydroxylation sites is 1. The third-order valence-electron chi connectivity index (χ3n) is 4.12. The molecule has 1 heterocycles. The molecule has 2 rings (SSSR count). The molecule has 27 heavy (non-hydrogen) atoms. The summed E-state index contributed by atoms with van der Waals surface area (Å²) in [6.07, 6.45) is 1.65. The number of carbonyl (C=O) groups is 2. The van der Waals surface area contributed by atoms with Gasteiger partial charge in [-0.1, -0.05) is 18.2 Å². The topological polar surface area (TPSA) is 77.7 Å². The average molecular weight is 374 g/mol. The van der Waals surface area contributed by atoms with Gasteiger partial charge >= 0.3 is 6.09 Å². The molecule has 0 saturated heterocycles. The smallest absolute Gasteiger partial charge is 0.408 e. The Kier molecular flexibility index (Phi) is 6.49. The van der Waals surface area contributed by atoms with E-state index in [-0.39, 0.29) is 5.91 Å². The third-order valence-corrected chi connectivity index (χ3v) is 4.12. The number of aromatic nitrogens is 1.